The van der Waals surface area contributed by atoms with Crippen molar-refractivity contribution in [1.82, 2.24) is 20.0 Å². The van der Waals surface area contributed by atoms with Gasteiger partial charge in [0.15, 0.2) is 0 Å². The van der Waals surface area contributed by atoms with Crippen LogP contribution in [0.5, 0.6) is 0 Å². The van der Waals surface area contributed by atoms with Gasteiger partial charge in [-0.2, -0.15) is 5.26 Å². The molecule has 0 bridgehead atoms. The number of benzene rings is 1. The molecule has 2 heterocycles. The third-order valence-electron chi connectivity index (χ3n) is 7.00. The van der Waals surface area contributed by atoms with Crippen molar-refractivity contribution in [3.05, 3.63) is 35.9 Å². The van der Waals surface area contributed by atoms with E-state index in [-0.39, 0.29) is 11.9 Å². The number of likely N-dealkylation sites (tertiary alicyclic amines) is 1. The maximum absolute atomic E-state index is 12.4. The van der Waals surface area contributed by atoms with Gasteiger partial charge in [0.05, 0.1) is 18.7 Å². The van der Waals surface area contributed by atoms with Crippen molar-refractivity contribution in [1.29, 1.82) is 5.26 Å². The van der Waals surface area contributed by atoms with Gasteiger partial charge in [-0.15, -0.1) is 0 Å². The van der Waals surface area contributed by atoms with E-state index >= 15 is 0 Å². The lowest BCUT2D eigenvalue weighted by Gasteiger charge is -2.36. The third-order valence-corrected chi connectivity index (χ3v) is 7.00. The van der Waals surface area contributed by atoms with Gasteiger partial charge in [0.2, 0.25) is 5.91 Å². The van der Waals surface area contributed by atoms with Gasteiger partial charge in [0.1, 0.15) is 0 Å². The highest BCUT2D eigenvalue weighted by Gasteiger charge is 2.30. The van der Waals surface area contributed by atoms with E-state index in [9.17, 15) is 10.1 Å². The molecule has 162 valence electrons. The predicted octanol–water partition coefficient (Wildman–Crippen LogP) is 2.08. The van der Waals surface area contributed by atoms with Crippen LogP contribution in [-0.4, -0.2) is 78.5 Å². The van der Waals surface area contributed by atoms with Crippen LogP contribution in [0, 0.1) is 17.2 Å². The van der Waals surface area contributed by atoms with Gasteiger partial charge in [0.25, 0.3) is 0 Å². The molecule has 1 saturated carbocycles. The summed E-state index contributed by atoms with van der Waals surface area (Å²) >= 11 is 0. The summed E-state index contributed by atoms with van der Waals surface area (Å²) in [4.78, 5) is 19.6. The summed E-state index contributed by atoms with van der Waals surface area (Å²) in [5.74, 6) is 0.784. The number of nitrogens with zero attached hydrogens (tertiary/aromatic N) is 4. The van der Waals surface area contributed by atoms with E-state index in [1.165, 1.54) is 12.0 Å². The molecule has 3 fully saturated rings. The van der Waals surface area contributed by atoms with Gasteiger partial charge in [0, 0.05) is 51.9 Å². The Bertz CT molecular complexity index is 725. The summed E-state index contributed by atoms with van der Waals surface area (Å²) in [6.07, 6.45) is 5.31. The van der Waals surface area contributed by atoms with Crippen LogP contribution in [0.2, 0.25) is 0 Å². The first-order valence-corrected chi connectivity index (χ1v) is 11.6. The molecule has 1 aliphatic carbocycles. The zero-order chi connectivity index (χ0) is 20.8. The van der Waals surface area contributed by atoms with Crippen molar-refractivity contribution >= 4 is 5.91 Å². The van der Waals surface area contributed by atoms with Crippen molar-refractivity contribution in [3.8, 4) is 6.07 Å². The smallest absolute Gasteiger partial charge is 0.234 e. The second-order valence-electron chi connectivity index (χ2n) is 9.26. The molecule has 6 nitrogen and oxygen atoms in total. The van der Waals surface area contributed by atoms with Crippen LogP contribution in [-0.2, 0) is 11.3 Å². The summed E-state index contributed by atoms with van der Waals surface area (Å²) in [5.41, 5.74) is 1.40. The minimum absolute atomic E-state index is 0.0763. The molecule has 0 spiro atoms. The topological polar surface area (TPSA) is 62.6 Å². The normalized spacial score (nSPS) is 28.4. The first-order valence-electron chi connectivity index (χ1n) is 11.6. The number of hydrogen-bond donors (Lipinski definition) is 1. The average molecular weight is 410 g/mol. The quantitative estimate of drug-likeness (QED) is 0.747. The molecule has 2 aliphatic heterocycles. The molecule has 1 amide bonds. The van der Waals surface area contributed by atoms with Crippen LogP contribution in [0.15, 0.2) is 30.3 Å². The number of rotatable bonds is 7. The van der Waals surface area contributed by atoms with E-state index in [1.54, 1.807) is 0 Å². The largest absolute Gasteiger partial charge is 0.352 e. The zero-order valence-electron chi connectivity index (χ0n) is 18.0. The molecule has 3 aliphatic rings. The summed E-state index contributed by atoms with van der Waals surface area (Å²) in [6.45, 7) is 8.02. The molecule has 3 atom stereocenters. The maximum Gasteiger partial charge on any atom is 0.234 e. The minimum Gasteiger partial charge on any atom is -0.352 e. The predicted molar refractivity (Wildman–Crippen MR) is 118 cm³/mol. The standard InChI is InChI=1S/C24H35N5O/c25-16-23-7-4-10-29(23)19-24(30)26-22-9-8-21(15-22)18-28-13-11-27(12-14-28)17-20-5-2-1-3-6-20/h1-3,5-6,21-23H,4,7-15,17-19H2,(H,26,30)/t21-,22+,23-/m0/s1. The molecule has 0 aromatic heterocycles. The van der Waals surface area contributed by atoms with Gasteiger partial charge in [-0.05, 0) is 43.6 Å². The van der Waals surface area contributed by atoms with Crippen LogP contribution < -0.4 is 5.32 Å². The van der Waals surface area contributed by atoms with Crippen molar-refractivity contribution in [2.24, 2.45) is 5.92 Å². The van der Waals surface area contributed by atoms with Gasteiger partial charge in [-0.1, -0.05) is 30.3 Å². The molecule has 1 aromatic carbocycles. The Balaban J connectivity index is 1.13. The Morgan fingerprint density at radius 2 is 1.80 bits per heavy atom. The van der Waals surface area contributed by atoms with Crippen molar-refractivity contribution in [2.45, 2.75) is 50.7 Å². The first-order chi connectivity index (χ1) is 14.7. The Hall–Kier alpha value is -1.94. The molecule has 6 heteroatoms. The molecule has 2 saturated heterocycles. The highest BCUT2D eigenvalue weighted by Crippen LogP contribution is 2.27. The molecule has 1 N–H and O–H groups in total. The summed E-state index contributed by atoms with van der Waals surface area (Å²) in [6, 6.07) is 13.3. The van der Waals surface area contributed by atoms with Gasteiger partial charge >= 0.3 is 0 Å². The fourth-order valence-electron chi connectivity index (χ4n) is 5.33. The number of carbonyl (C=O) groups is 1. The van der Waals surface area contributed by atoms with Gasteiger partial charge < -0.3 is 10.2 Å². The highest BCUT2D eigenvalue weighted by atomic mass is 16.2. The molecule has 0 radical (unpaired) electrons. The molecule has 0 unspecified atom stereocenters. The Labute approximate surface area is 180 Å². The lowest BCUT2D eigenvalue weighted by molar-refractivity contribution is -0.122. The Morgan fingerprint density at radius 3 is 2.57 bits per heavy atom. The van der Waals surface area contributed by atoms with Crippen molar-refractivity contribution < 1.29 is 4.79 Å². The third kappa shape index (κ3) is 5.81. The second kappa shape index (κ2) is 10.4. The fourth-order valence-corrected chi connectivity index (χ4v) is 5.33. The minimum atomic E-state index is -0.0763. The lowest BCUT2D eigenvalue weighted by atomic mass is 10.1. The van der Waals surface area contributed by atoms with Gasteiger partial charge in [-0.3, -0.25) is 14.6 Å². The van der Waals surface area contributed by atoms with E-state index in [2.05, 4.69) is 51.5 Å². The van der Waals surface area contributed by atoms with Crippen LogP contribution in [0.4, 0.5) is 0 Å². The SMILES string of the molecule is N#C[C@@H]1CCCN1CC(=O)N[C@@H]1CC[C@H](CN2CCN(Cc3ccccc3)CC2)C1. The maximum atomic E-state index is 12.4. The van der Waals surface area contributed by atoms with Gasteiger partial charge in [-0.25, -0.2) is 0 Å². The van der Waals surface area contributed by atoms with Crippen LogP contribution in [0.25, 0.3) is 0 Å². The molecule has 4 rings (SSSR count). The van der Waals surface area contributed by atoms with E-state index < -0.39 is 0 Å². The summed E-state index contributed by atoms with van der Waals surface area (Å²) in [7, 11) is 0. The molecule has 1 aromatic rings. The van der Waals surface area contributed by atoms with Crippen molar-refractivity contribution in [3.63, 3.8) is 0 Å². The Kier molecular flexibility index (Phi) is 7.37. The summed E-state index contributed by atoms with van der Waals surface area (Å²) < 4.78 is 0. The average Bonchev–Trinajstić information content (AvgIpc) is 3.39. The van der Waals surface area contributed by atoms with E-state index in [1.807, 2.05) is 4.90 Å². The lowest BCUT2D eigenvalue weighted by Crippen LogP contribution is -2.47. The van der Waals surface area contributed by atoms with Crippen LogP contribution >= 0.6 is 0 Å². The van der Waals surface area contributed by atoms with E-state index in [0.717, 1.165) is 71.5 Å². The highest BCUT2D eigenvalue weighted by molar-refractivity contribution is 5.78. The van der Waals surface area contributed by atoms with Crippen LogP contribution in [0.1, 0.15) is 37.7 Å². The molecule has 30 heavy (non-hydrogen) atoms. The number of carbonyl (C=O) groups excluding carboxylic acids is 1. The van der Waals surface area contributed by atoms with E-state index in [0.29, 0.717) is 18.5 Å². The number of hydrogen-bond acceptors (Lipinski definition) is 5. The van der Waals surface area contributed by atoms with E-state index in [4.69, 9.17) is 0 Å². The number of amides is 1. The Morgan fingerprint density at radius 1 is 1.03 bits per heavy atom. The van der Waals surface area contributed by atoms with Crippen molar-refractivity contribution in [2.75, 3.05) is 45.8 Å². The summed E-state index contributed by atoms with van der Waals surface area (Å²) in [5, 5.41) is 12.4. The number of nitrogens with one attached hydrogen (secondary N) is 1. The fraction of sp³-hybridized carbons (Fsp3) is 0.667. The van der Waals surface area contributed by atoms with Crippen LogP contribution in [0.3, 0.4) is 0 Å². The number of piperazine rings is 1. The first kappa shape index (κ1) is 21.3. The monoisotopic (exact) mass is 409 g/mol. The molecular weight excluding hydrogens is 374 g/mol. The second-order valence-corrected chi connectivity index (χ2v) is 9.26. The number of nitriles is 1. The molecular formula is C24H35N5O. The zero-order valence-corrected chi connectivity index (χ0v) is 18.0.